The number of halogens is 1. The van der Waals surface area contributed by atoms with E-state index in [1.54, 1.807) is 4.90 Å². The summed E-state index contributed by atoms with van der Waals surface area (Å²) in [7, 11) is 0. The lowest BCUT2D eigenvalue weighted by Crippen LogP contribution is -2.43. The van der Waals surface area contributed by atoms with Crippen molar-refractivity contribution in [2.75, 3.05) is 6.54 Å². The van der Waals surface area contributed by atoms with Crippen LogP contribution in [0.25, 0.3) is 11.1 Å². The molecule has 3 aromatic rings. The number of likely N-dealkylation sites (tertiary alicyclic amines) is 1. The van der Waals surface area contributed by atoms with Crippen LogP contribution < -0.4 is 5.73 Å². The molecule has 3 aromatic carbocycles. The zero-order valence-electron chi connectivity index (χ0n) is 19.1. The van der Waals surface area contributed by atoms with Gasteiger partial charge in [0.25, 0.3) is 0 Å². The summed E-state index contributed by atoms with van der Waals surface area (Å²) in [6.45, 7) is 0.791. The SMILES string of the molecule is Cl.N[C@H](CC(=O)N1CCC[C@H]1C(=O)OCc1ccccc1)Cc1ccc(-c2ccccc2)cc1. The second kappa shape index (κ2) is 12.4. The van der Waals surface area contributed by atoms with Crippen LogP contribution in [0.5, 0.6) is 0 Å². The third-order valence-electron chi connectivity index (χ3n) is 6.06. The van der Waals surface area contributed by atoms with Gasteiger partial charge in [0.15, 0.2) is 0 Å². The zero-order valence-corrected chi connectivity index (χ0v) is 20.0. The third-order valence-corrected chi connectivity index (χ3v) is 6.06. The Morgan fingerprint density at radius 2 is 1.50 bits per heavy atom. The molecule has 1 aliphatic rings. The maximum Gasteiger partial charge on any atom is 0.329 e. The smallest absolute Gasteiger partial charge is 0.329 e. The van der Waals surface area contributed by atoms with E-state index in [1.807, 2.05) is 48.5 Å². The van der Waals surface area contributed by atoms with Crippen molar-refractivity contribution >= 4 is 24.3 Å². The van der Waals surface area contributed by atoms with Crippen molar-refractivity contribution in [2.45, 2.75) is 44.4 Å². The first kappa shape index (κ1) is 25.5. The van der Waals surface area contributed by atoms with E-state index in [0.717, 1.165) is 23.1 Å². The first-order chi connectivity index (χ1) is 16.1. The number of benzene rings is 3. The van der Waals surface area contributed by atoms with Crippen molar-refractivity contribution in [3.8, 4) is 11.1 Å². The number of carbonyl (C=O) groups is 2. The maximum absolute atomic E-state index is 12.9. The summed E-state index contributed by atoms with van der Waals surface area (Å²) < 4.78 is 5.48. The number of rotatable bonds is 8. The fourth-order valence-electron chi connectivity index (χ4n) is 4.32. The fraction of sp³-hybridized carbons (Fsp3) is 0.286. The van der Waals surface area contributed by atoms with Gasteiger partial charge in [0.05, 0.1) is 0 Å². The molecular weight excluding hydrogens is 448 g/mol. The first-order valence-corrected chi connectivity index (χ1v) is 11.5. The quantitative estimate of drug-likeness (QED) is 0.473. The van der Waals surface area contributed by atoms with Gasteiger partial charge >= 0.3 is 5.97 Å². The Kier molecular flexibility index (Phi) is 9.25. The standard InChI is InChI=1S/C28H30N2O3.ClH/c29-25(18-21-13-15-24(16-14-21)23-10-5-2-6-11-23)19-27(31)30-17-7-12-26(30)28(32)33-20-22-8-3-1-4-9-22;/h1-6,8-11,13-16,25-26H,7,12,17-20,29H2;1H/t25-,26-;/m0./s1. The summed E-state index contributed by atoms with van der Waals surface area (Å²) in [6.07, 6.45) is 2.25. The van der Waals surface area contributed by atoms with Gasteiger partial charge in [-0.05, 0) is 41.5 Å². The van der Waals surface area contributed by atoms with E-state index >= 15 is 0 Å². The van der Waals surface area contributed by atoms with Crippen molar-refractivity contribution in [1.82, 2.24) is 4.90 Å². The van der Waals surface area contributed by atoms with Crippen LogP contribution in [-0.4, -0.2) is 35.4 Å². The molecular formula is C28H31ClN2O3. The number of hydrogen-bond donors (Lipinski definition) is 1. The summed E-state index contributed by atoms with van der Waals surface area (Å²) in [5.74, 6) is -0.419. The second-order valence-electron chi connectivity index (χ2n) is 8.57. The van der Waals surface area contributed by atoms with E-state index in [2.05, 4.69) is 36.4 Å². The lowest BCUT2D eigenvalue weighted by molar-refractivity contribution is -0.154. The van der Waals surface area contributed by atoms with Gasteiger partial charge in [0.2, 0.25) is 5.91 Å². The van der Waals surface area contributed by atoms with Crippen molar-refractivity contribution in [3.05, 3.63) is 96.1 Å². The lowest BCUT2D eigenvalue weighted by atomic mass is 9.99. The van der Waals surface area contributed by atoms with Crippen LogP contribution in [0.3, 0.4) is 0 Å². The Hall–Kier alpha value is -3.15. The molecule has 0 aliphatic carbocycles. The molecule has 1 saturated heterocycles. The van der Waals surface area contributed by atoms with Gasteiger partial charge in [0, 0.05) is 19.0 Å². The highest BCUT2D eigenvalue weighted by atomic mass is 35.5. The number of nitrogens with zero attached hydrogens (tertiary/aromatic N) is 1. The van der Waals surface area contributed by atoms with E-state index < -0.39 is 6.04 Å². The van der Waals surface area contributed by atoms with E-state index in [1.165, 1.54) is 5.56 Å². The summed E-state index contributed by atoms with van der Waals surface area (Å²) in [5.41, 5.74) is 10.7. The van der Waals surface area contributed by atoms with Crippen molar-refractivity contribution in [1.29, 1.82) is 0 Å². The van der Waals surface area contributed by atoms with Crippen LogP contribution in [0.4, 0.5) is 0 Å². The van der Waals surface area contributed by atoms with Crippen molar-refractivity contribution in [3.63, 3.8) is 0 Å². The highest BCUT2D eigenvalue weighted by molar-refractivity contribution is 5.86. The zero-order chi connectivity index (χ0) is 23.0. The topological polar surface area (TPSA) is 72.6 Å². The van der Waals surface area contributed by atoms with Gasteiger partial charge in [-0.25, -0.2) is 4.79 Å². The minimum absolute atomic E-state index is 0. The molecule has 5 nitrogen and oxygen atoms in total. The van der Waals surface area contributed by atoms with Gasteiger partial charge in [-0.15, -0.1) is 12.4 Å². The number of hydrogen-bond acceptors (Lipinski definition) is 4. The lowest BCUT2D eigenvalue weighted by Gasteiger charge is -2.24. The molecule has 1 amide bonds. The van der Waals surface area contributed by atoms with Crippen LogP contribution in [-0.2, 0) is 27.4 Å². The van der Waals surface area contributed by atoms with Crippen LogP contribution in [0.15, 0.2) is 84.9 Å². The normalized spacial score (nSPS) is 15.9. The highest BCUT2D eigenvalue weighted by Crippen LogP contribution is 2.22. The van der Waals surface area contributed by atoms with Gasteiger partial charge in [0.1, 0.15) is 12.6 Å². The van der Waals surface area contributed by atoms with Crippen LogP contribution >= 0.6 is 12.4 Å². The first-order valence-electron chi connectivity index (χ1n) is 11.5. The van der Waals surface area contributed by atoms with Crippen molar-refractivity contribution < 1.29 is 14.3 Å². The Morgan fingerprint density at radius 3 is 2.18 bits per heavy atom. The van der Waals surface area contributed by atoms with Gasteiger partial charge < -0.3 is 15.4 Å². The second-order valence-corrected chi connectivity index (χ2v) is 8.57. The number of ether oxygens (including phenoxy) is 1. The highest BCUT2D eigenvalue weighted by Gasteiger charge is 2.35. The Balaban J connectivity index is 0.00000324. The van der Waals surface area contributed by atoms with Gasteiger partial charge in [-0.3, -0.25) is 4.79 Å². The molecule has 2 N–H and O–H groups in total. The Bertz CT molecular complexity index is 1060. The van der Waals surface area contributed by atoms with E-state index in [4.69, 9.17) is 10.5 Å². The largest absolute Gasteiger partial charge is 0.459 e. The minimum atomic E-state index is -0.515. The number of nitrogens with two attached hydrogens (primary N) is 1. The van der Waals surface area contributed by atoms with Crippen molar-refractivity contribution in [2.24, 2.45) is 5.73 Å². The average molecular weight is 479 g/mol. The minimum Gasteiger partial charge on any atom is -0.459 e. The Labute approximate surface area is 207 Å². The number of amides is 1. The summed E-state index contributed by atoms with van der Waals surface area (Å²) in [6, 6.07) is 27.2. The van der Waals surface area contributed by atoms with E-state index in [0.29, 0.717) is 19.4 Å². The van der Waals surface area contributed by atoms with E-state index in [9.17, 15) is 9.59 Å². The molecule has 0 spiro atoms. The molecule has 0 radical (unpaired) electrons. The molecule has 178 valence electrons. The monoisotopic (exact) mass is 478 g/mol. The molecule has 6 heteroatoms. The number of esters is 1. The molecule has 0 unspecified atom stereocenters. The molecule has 0 saturated carbocycles. The molecule has 1 heterocycles. The molecule has 1 fully saturated rings. The van der Waals surface area contributed by atoms with Crippen LogP contribution in [0, 0.1) is 0 Å². The summed E-state index contributed by atoms with van der Waals surface area (Å²) in [5, 5.41) is 0. The average Bonchev–Trinajstić information content (AvgIpc) is 3.35. The molecule has 1 aliphatic heterocycles. The van der Waals surface area contributed by atoms with Gasteiger partial charge in [-0.1, -0.05) is 84.9 Å². The molecule has 2 atom stereocenters. The van der Waals surface area contributed by atoms with Crippen LogP contribution in [0.1, 0.15) is 30.4 Å². The summed E-state index contributed by atoms with van der Waals surface area (Å²) in [4.78, 5) is 27.2. The summed E-state index contributed by atoms with van der Waals surface area (Å²) >= 11 is 0. The molecule has 4 rings (SSSR count). The molecule has 0 aromatic heterocycles. The molecule has 34 heavy (non-hydrogen) atoms. The predicted octanol–water partition coefficient (Wildman–Crippen LogP) is 4.77. The number of carbonyl (C=O) groups excluding carboxylic acids is 2. The van der Waals surface area contributed by atoms with Gasteiger partial charge in [-0.2, -0.15) is 0 Å². The van der Waals surface area contributed by atoms with E-state index in [-0.39, 0.29) is 43.4 Å². The Morgan fingerprint density at radius 1 is 0.882 bits per heavy atom. The molecule has 0 bridgehead atoms. The third kappa shape index (κ3) is 6.69. The van der Waals surface area contributed by atoms with Crippen LogP contribution in [0.2, 0.25) is 0 Å². The maximum atomic E-state index is 12.9. The fourth-order valence-corrected chi connectivity index (χ4v) is 4.32. The predicted molar refractivity (Wildman–Crippen MR) is 136 cm³/mol.